The smallest absolute Gasteiger partial charge is 0.224 e. The van der Waals surface area contributed by atoms with Gasteiger partial charge in [0.1, 0.15) is 0 Å². The van der Waals surface area contributed by atoms with Crippen LogP contribution in [0.3, 0.4) is 0 Å². The Bertz CT molecular complexity index is 115. The van der Waals surface area contributed by atoms with Crippen LogP contribution in [0, 0.1) is 0 Å². The van der Waals surface area contributed by atoms with Gasteiger partial charge in [-0.3, -0.25) is 4.79 Å². The van der Waals surface area contributed by atoms with Crippen molar-refractivity contribution in [1.29, 1.82) is 0 Å². The number of carbonyl (C=O) groups is 1. The SMILES string of the molecule is CCOCCC(=O)N(C)CC. The van der Waals surface area contributed by atoms with Gasteiger partial charge in [0.15, 0.2) is 0 Å². The number of nitrogens with zero attached hydrogens (tertiary/aromatic N) is 1. The molecule has 0 N–H and O–H groups in total. The van der Waals surface area contributed by atoms with Crippen molar-refractivity contribution in [3.63, 3.8) is 0 Å². The van der Waals surface area contributed by atoms with Crippen LogP contribution >= 0.6 is 0 Å². The zero-order valence-electron chi connectivity index (χ0n) is 7.59. The number of hydrogen-bond donors (Lipinski definition) is 0. The highest BCUT2D eigenvalue weighted by Crippen LogP contribution is 1.90. The Balaban J connectivity index is 3.36. The van der Waals surface area contributed by atoms with Gasteiger partial charge in [0.2, 0.25) is 5.91 Å². The number of rotatable bonds is 5. The zero-order chi connectivity index (χ0) is 8.69. The minimum Gasteiger partial charge on any atom is -0.381 e. The summed E-state index contributed by atoms with van der Waals surface area (Å²) in [6.07, 6.45) is 0.498. The Labute approximate surface area is 68.3 Å². The molecule has 0 heterocycles. The van der Waals surface area contributed by atoms with Gasteiger partial charge in [0, 0.05) is 20.2 Å². The summed E-state index contributed by atoms with van der Waals surface area (Å²) < 4.78 is 5.05. The molecule has 3 nitrogen and oxygen atoms in total. The predicted molar refractivity (Wildman–Crippen MR) is 44.4 cm³/mol. The van der Waals surface area contributed by atoms with E-state index in [0.29, 0.717) is 19.6 Å². The van der Waals surface area contributed by atoms with E-state index >= 15 is 0 Å². The average molecular weight is 159 g/mol. The molecule has 0 aromatic carbocycles. The van der Waals surface area contributed by atoms with E-state index < -0.39 is 0 Å². The van der Waals surface area contributed by atoms with Gasteiger partial charge in [-0.05, 0) is 13.8 Å². The third-order valence-corrected chi connectivity index (χ3v) is 1.56. The third kappa shape index (κ3) is 4.79. The van der Waals surface area contributed by atoms with E-state index in [1.54, 1.807) is 11.9 Å². The number of carbonyl (C=O) groups excluding carboxylic acids is 1. The topological polar surface area (TPSA) is 29.5 Å². The van der Waals surface area contributed by atoms with Crippen molar-refractivity contribution in [2.75, 3.05) is 26.8 Å². The standard InChI is InChI=1S/C8H17NO2/c1-4-9(3)8(10)6-7-11-5-2/h4-7H2,1-3H3. The second kappa shape index (κ2) is 6.16. The maximum Gasteiger partial charge on any atom is 0.224 e. The largest absolute Gasteiger partial charge is 0.381 e. The van der Waals surface area contributed by atoms with Crippen molar-refractivity contribution in [1.82, 2.24) is 4.90 Å². The molecule has 0 aliphatic heterocycles. The van der Waals surface area contributed by atoms with Crippen LogP contribution in [-0.4, -0.2) is 37.6 Å². The number of amides is 1. The first kappa shape index (κ1) is 10.4. The van der Waals surface area contributed by atoms with Gasteiger partial charge in [-0.25, -0.2) is 0 Å². The second-order valence-corrected chi connectivity index (χ2v) is 2.35. The van der Waals surface area contributed by atoms with Gasteiger partial charge in [-0.2, -0.15) is 0 Å². The quantitative estimate of drug-likeness (QED) is 0.557. The lowest BCUT2D eigenvalue weighted by Gasteiger charge is -2.13. The lowest BCUT2D eigenvalue weighted by Crippen LogP contribution is -2.27. The molecule has 0 aromatic heterocycles. The average Bonchev–Trinajstić information content (AvgIpc) is 2.03. The van der Waals surface area contributed by atoms with Crippen LogP contribution in [0.1, 0.15) is 20.3 Å². The van der Waals surface area contributed by atoms with Crippen molar-refractivity contribution in [3.8, 4) is 0 Å². The summed E-state index contributed by atoms with van der Waals surface area (Å²) in [5.74, 6) is 0.154. The van der Waals surface area contributed by atoms with E-state index in [1.807, 2.05) is 13.8 Å². The molecular weight excluding hydrogens is 142 g/mol. The van der Waals surface area contributed by atoms with Gasteiger partial charge in [0.25, 0.3) is 0 Å². The fraction of sp³-hybridized carbons (Fsp3) is 0.875. The molecule has 0 aliphatic rings. The van der Waals surface area contributed by atoms with Crippen molar-refractivity contribution in [2.45, 2.75) is 20.3 Å². The molecule has 11 heavy (non-hydrogen) atoms. The minimum atomic E-state index is 0.154. The van der Waals surface area contributed by atoms with Gasteiger partial charge >= 0.3 is 0 Å². The van der Waals surface area contributed by atoms with Gasteiger partial charge in [0.05, 0.1) is 13.0 Å². The summed E-state index contributed by atoms with van der Waals surface area (Å²) in [6, 6.07) is 0. The van der Waals surface area contributed by atoms with E-state index in [4.69, 9.17) is 4.74 Å². The molecule has 0 bridgehead atoms. The Kier molecular flexibility index (Phi) is 5.84. The fourth-order valence-electron chi connectivity index (χ4n) is 0.671. The van der Waals surface area contributed by atoms with Crippen LogP contribution in [0.2, 0.25) is 0 Å². The fourth-order valence-corrected chi connectivity index (χ4v) is 0.671. The number of hydrogen-bond acceptors (Lipinski definition) is 2. The highest BCUT2D eigenvalue weighted by atomic mass is 16.5. The van der Waals surface area contributed by atoms with Crippen LogP contribution in [0.5, 0.6) is 0 Å². The molecule has 0 atom stereocenters. The second-order valence-electron chi connectivity index (χ2n) is 2.35. The molecule has 0 spiro atoms. The number of ether oxygens (including phenoxy) is 1. The summed E-state index contributed by atoms with van der Waals surface area (Å²) in [5, 5.41) is 0. The molecule has 0 rings (SSSR count). The first-order valence-electron chi connectivity index (χ1n) is 4.04. The summed E-state index contributed by atoms with van der Waals surface area (Å²) in [5.41, 5.74) is 0. The maximum absolute atomic E-state index is 11.1. The Morgan fingerprint density at radius 3 is 2.55 bits per heavy atom. The van der Waals surface area contributed by atoms with Crippen LogP contribution in [0.25, 0.3) is 0 Å². The first-order valence-corrected chi connectivity index (χ1v) is 4.04. The summed E-state index contributed by atoms with van der Waals surface area (Å²) >= 11 is 0. The minimum absolute atomic E-state index is 0.154. The molecule has 0 unspecified atom stereocenters. The molecule has 0 aromatic rings. The van der Waals surface area contributed by atoms with Crippen LogP contribution < -0.4 is 0 Å². The Hall–Kier alpha value is -0.570. The lowest BCUT2D eigenvalue weighted by atomic mass is 10.4. The van der Waals surface area contributed by atoms with Gasteiger partial charge < -0.3 is 9.64 Å². The van der Waals surface area contributed by atoms with Gasteiger partial charge in [-0.15, -0.1) is 0 Å². The summed E-state index contributed by atoms with van der Waals surface area (Å²) in [7, 11) is 1.80. The van der Waals surface area contributed by atoms with E-state index in [-0.39, 0.29) is 5.91 Å². The highest BCUT2D eigenvalue weighted by molar-refractivity contribution is 5.75. The van der Waals surface area contributed by atoms with Crippen molar-refractivity contribution < 1.29 is 9.53 Å². The molecule has 0 fully saturated rings. The summed E-state index contributed by atoms with van der Waals surface area (Å²) in [6.45, 7) is 5.88. The van der Waals surface area contributed by atoms with E-state index in [1.165, 1.54) is 0 Å². The van der Waals surface area contributed by atoms with Gasteiger partial charge in [-0.1, -0.05) is 0 Å². The molecule has 0 aliphatic carbocycles. The van der Waals surface area contributed by atoms with Crippen molar-refractivity contribution in [2.24, 2.45) is 0 Å². The van der Waals surface area contributed by atoms with Crippen molar-refractivity contribution in [3.05, 3.63) is 0 Å². The normalized spacial score (nSPS) is 9.73. The maximum atomic E-state index is 11.1. The third-order valence-electron chi connectivity index (χ3n) is 1.56. The molecule has 0 radical (unpaired) electrons. The molecule has 1 amide bonds. The van der Waals surface area contributed by atoms with Crippen LogP contribution in [0.15, 0.2) is 0 Å². The Morgan fingerprint density at radius 1 is 1.45 bits per heavy atom. The summed E-state index contributed by atoms with van der Waals surface area (Å²) in [4.78, 5) is 12.8. The van der Waals surface area contributed by atoms with Crippen LogP contribution in [-0.2, 0) is 9.53 Å². The predicted octanol–water partition coefficient (Wildman–Crippen LogP) is 0.891. The van der Waals surface area contributed by atoms with E-state index in [9.17, 15) is 4.79 Å². The van der Waals surface area contributed by atoms with E-state index in [2.05, 4.69) is 0 Å². The monoisotopic (exact) mass is 159 g/mol. The van der Waals surface area contributed by atoms with Crippen LogP contribution in [0.4, 0.5) is 0 Å². The first-order chi connectivity index (χ1) is 5.22. The molecule has 66 valence electrons. The Morgan fingerprint density at radius 2 is 2.09 bits per heavy atom. The molecular formula is C8H17NO2. The molecule has 0 saturated carbocycles. The molecule has 0 saturated heterocycles. The highest BCUT2D eigenvalue weighted by Gasteiger charge is 2.04. The molecule has 3 heteroatoms. The zero-order valence-corrected chi connectivity index (χ0v) is 7.59. The van der Waals surface area contributed by atoms with Crippen molar-refractivity contribution >= 4 is 5.91 Å². The van der Waals surface area contributed by atoms with E-state index in [0.717, 1.165) is 6.54 Å². The lowest BCUT2D eigenvalue weighted by molar-refractivity contribution is -0.130.